The number of carbonyl (C=O) groups is 1. The van der Waals surface area contributed by atoms with E-state index in [1.54, 1.807) is 0 Å². The van der Waals surface area contributed by atoms with E-state index in [1.807, 2.05) is 0 Å². The Labute approximate surface area is 83.7 Å². The van der Waals surface area contributed by atoms with Crippen LogP contribution in [-0.2, 0) is 4.79 Å². The summed E-state index contributed by atoms with van der Waals surface area (Å²) in [4.78, 5) is 22.1. The van der Waals surface area contributed by atoms with Crippen LogP contribution in [0, 0.1) is 0 Å². The smallest absolute Gasteiger partial charge is 0.221 e. The predicted octanol–water partition coefficient (Wildman–Crippen LogP) is 1.14. The van der Waals surface area contributed by atoms with E-state index in [0.717, 1.165) is 0 Å². The lowest BCUT2D eigenvalue weighted by molar-refractivity contribution is -0.104. The van der Waals surface area contributed by atoms with E-state index in [4.69, 9.17) is 23.2 Å². The van der Waals surface area contributed by atoms with Crippen LogP contribution in [0.25, 0.3) is 0 Å². The third-order valence-electron chi connectivity index (χ3n) is 1.69. The van der Waals surface area contributed by atoms with E-state index < -0.39 is 6.17 Å². The average Bonchev–Trinajstić information content (AvgIpc) is 2.47. The van der Waals surface area contributed by atoms with Crippen LogP contribution < -0.4 is 0 Å². The van der Waals surface area contributed by atoms with Crippen molar-refractivity contribution in [2.75, 3.05) is 0 Å². The molecule has 0 bridgehead atoms. The molecule has 0 radical (unpaired) electrons. The SMILES string of the molecule is O=CC1=C2C(Cl)=NC(Cl)=N[C@@H]2N=C1. The second-order valence-corrected chi connectivity index (χ2v) is 3.14. The molecule has 0 spiro atoms. The summed E-state index contributed by atoms with van der Waals surface area (Å²) < 4.78 is 0. The van der Waals surface area contributed by atoms with Gasteiger partial charge in [-0.05, 0) is 11.6 Å². The molecule has 2 aliphatic heterocycles. The lowest BCUT2D eigenvalue weighted by Gasteiger charge is -2.11. The van der Waals surface area contributed by atoms with Crippen molar-refractivity contribution in [1.29, 1.82) is 0 Å². The minimum atomic E-state index is -0.488. The van der Waals surface area contributed by atoms with Crippen LogP contribution in [0.15, 0.2) is 26.1 Å². The summed E-state index contributed by atoms with van der Waals surface area (Å²) in [5, 5.41) is 0.243. The fourth-order valence-corrected chi connectivity index (χ4v) is 1.64. The molecule has 6 heteroatoms. The number of halogens is 2. The van der Waals surface area contributed by atoms with Crippen LogP contribution in [0.5, 0.6) is 0 Å². The van der Waals surface area contributed by atoms with Gasteiger partial charge in [-0.15, -0.1) is 0 Å². The van der Waals surface area contributed by atoms with E-state index in [0.29, 0.717) is 17.4 Å². The topological polar surface area (TPSA) is 54.1 Å². The largest absolute Gasteiger partial charge is 0.298 e. The summed E-state index contributed by atoms with van der Waals surface area (Å²) in [6.45, 7) is 0. The van der Waals surface area contributed by atoms with Crippen LogP contribution >= 0.6 is 23.2 Å². The van der Waals surface area contributed by atoms with Crippen molar-refractivity contribution < 1.29 is 4.79 Å². The van der Waals surface area contributed by atoms with Gasteiger partial charge in [0.2, 0.25) is 5.29 Å². The number of allylic oxidation sites excluding steroid dienone is 1. The molecule has 2 aliphatic rings. The highest BCUT2D eigenvalue weighted by Crippen LogP contribution is 2.25. The molecule has 2 heterocycles. The molecular weight excluding hydrogens is 213 g/mol. The Bertz CT molecular complexity index is 395. The predicted molar refractivity (Wildman–Crippen MR) is 51.9 cm³/mol. The molecule has 2 rings (SSSR count). The van der Waals surface area contributed by atoms with Crippen molar-refractivity contribution in [3.8, 4) is 0 Å². The summed E-state index contributed by atoms with van der Waals surface area (Å²) in [5.74, 6) is 0. The number of hydrogen-bond acceptors (Lipinski definition) is 4. The Morgan fingerprint density at radius 1 is 1.46 bits per heavy atom. The van der Waals surface area contributed by atoms with Gasteiger partial charge in [-0.1, -0.05) is 11.6 Å². The Kier molecular flexibility index (Phi) is 2.01. The van der Waals surface area contributed by atoms with Crippen LogP contribution in [0.4, 0.5) is 0 Å². The van der Waals surface area contributed by atoms with Crippen molar-refractivity contribution in [2.45, 2.75) is 6.17 Å². The molecule has 0 aliphatic carbocycles. The Morgan fingerprint density at radius 3 is 2.92 bits per heavy atom. The van der Waals surface area contributed by atoms with Gasteiger partial charge in [-0.25, -0.2) is 9.98 Å². The Morgan fingerprint density at radius 2 is 2.23 bits per heavy atom. The second kappa shape index (κ2) is 3.05. The average molecular weight is 216 g/mol. The van der Waals surface area contributed by atoms with Gasteiger partial charge in [-0.2, -0.15) is 0 Å². The molecule has 0 saturated heterocycles. The molecule has 0 unspecified atom stereocenters. The van der Waals surface area contributed by atoms with Gasteiger partial charge in [0.1, 0.15) is 5.17 Å². The van der Waals surface area contributed by atoms with E-state index >= 15 is 0 Å². The van der Waals surface area contributed by atoms with E-state index in [9.17, 15) is 4.79 Å². The van der Waals surface area contributed by atoms with Gasteiger partial charge in [-0.3, -0.25) is 9.79 Å². The van der Waals surface area contributed by atoms with Crippen molar-refractivity contribution in [1.82, 2.24) is 0 Å². The first kappa shape index (κ1) is 8.59. The first-order valence-corrected chi connectivity index (χ1v) is 4.18. The molecule has 66 valence electrons. The maximum atomic E-state index is 10.5. The number of fused-ring (bicyclic) bond motifs is 1. The van der Waals surface area contributed by atoms with Gasteiger partial charge in [0.15, 0.2) is 12.5 Å². The summed E-state index contributed by atoms with van der Waals surface area (Å²) in [7, 11) is 0. The number of rotatable bonds is 1. The summed E-state index contributed by atoms with van der Waals surface area (Å²) >= 11 is 11.3. The lowest BCUT2D eigenvalue weighted by Crippen LogP contribution is -2.16. The molecule has 1 atom stereocenters. The van der Waals surface area contributed by atoms with Crippen molar-refractivity contribution in [3.63, 3.8) is 0 Å². The lowest BCUT2D eigenvalue weighted by atomic mass is 10.1. The van der Waals surface area contributed by atoms with Gasteiger partial charge in [0, 0.05) is 17.4 Å². The highest BCUT2D eigenvalue weighted by Gasteiger charge is 2.28. The van der Waals surface area contributed by atoms with Gasteiger partial charge < -0.3 is 0 Å². The van der Waals surface area contributed by atoms with Crippen molar-refractivity contribution in [3.05, 3.63) is 11.1 Å². The second-order valence-electron chi connectivity index (χ2n) is 2.44. The highest BCUT2D eigenvalue weighted by molar-refractivity contribution is 6.75. The molecule has 0 amide bonds. The van der Waals surface area contributed by atoms with E-state index in [1.165, 1.54) is 6.21 Å². The zero-order valence-electron chi connectivity index (χ0n) is 6.24. The van der Waals surface area contributed by atoms with Crippen LogP contribution in [0.3, 0.4) is 0 Å². The van der Waals surface area contributed by atoms with E-state index in [-0.39, 0.29) is 10.5 Å². The number of nitrogens with zero attached hydrogens (tertiary/aromatic N) is 3. The molecular formula is C7H3Cl2N3O. The molecule has 0 aromatic rings. The monoisotopic (exact) mass is 215 g/mol. The number of aldehydes is 1. The first-order chi connectivity index (χ1) is 6.22. The summed E-state index contributed by atoms with van der Waals surface area (Å²) in [6, 6.07) is 0. The maximum absolute atomic E-state index is 10.5. The summed E-state index contributed by atoms with van der Waals surface area (Å²) in [5.41, 5.74) is 0.938. The molecule has 4 nitrogen and oxygen atoms in total. The van der Waals surface area contributed by atoms with Crippen molar-refractivity contribution in [2.24, 2.45) is 15.0 Å². The first-order valence-electron chi connectivity index (χ1n) is 3.43. The molecule has 0 N–H and O–H groups in total. The van der Waals surface area contributed by atoms with Gasteiger partial charge in [0.05, 0.1) is 0 Å². The van der Waals surface area contributed by atoms with Gasteiger partial charge >= 0.3 is 0 Å². The normalized spacial score (nSPS) is 25.5. The fourth-order valence-electron chi connectivity index (χ4n) is 1.13. The van der Waals surface area contributed by atoms with Gasteiger partial charge in [0.25, 0.3) is 0 Å². The van der Waals surface area contributed by atoms with Crippen molar-refractivity contribution >= 4 is 46.2 Å². The molecule has 0 saturated carbocycles. The highest BCUT2D eigenvalue weighted by atomic mass is 35.5. The number of aliphatic imine (C=N–C) groups is 3. The number of amidine groups is 1. The minimum absolute atomic E-state index is 0.0584. The minimum Gasteiger partial charge on any atom is -0.298 e. The molecule has 0 fully saturated rings. The zero-order valence-corrected chi connectivity index (χ0v) is 7.75. The third-order valence-corrected chi connectivity index (χ3v) is 2.16. The standard InChI is InChI=1S/C7H3Cl2N3O/c8-5-4-3(2-13)1-10-6(4)12-7(9)11-5/h1-2,6H/t6-/m0/s1. The fraction of sp³-hybridized carbons (Fsp3) is 0.143. The summed E-state index contributed by atoms with van der Waals surface area (Å²) in [6.07, 6.45) is 1.60. The Hall–Kier alpha value is -1.00. The Balaban J connectivity index is 2.53. The molecule has 0 aromatic heterocycles. The van der Waals surface area contributed by atoms with Crippen LogP contribution in [-0.4, -0.2) is 29.1 Å². The number of carbonyl (C=O) groups excluding carboxylic acids is 1. The quantitative estimate of drug-likeness (QED) is 0.478. The molecule has 13 heavy (non-hydrogen) atoms. The number of hydrogen-bond donors (Lipinski definition) is 0. The zero-order chi connectivity index (χ0) is 9.42. The third kappa shape index (κ3) is 1.32. The van der Waals surface area contributed by atoms with Crippen LogP contribution in [0.1, 0.15) is 0 Å². The maximum Gasteiger partial charge on any atom is 0.221 e. The van der Waals surface area contributed by atoms with E-state index in [2.05, 4.69) is 15.0 Å². The van der Waals surface area contributed by atoms with Crippen LogP contribution in [0.2, 0.25) is 0 Å². The molecule has 0 aromatic carbocycles.